The summed E-state index contributed by atoms with van der Waals surface area (Å²) >= 11 is 0. The summed E-state index contributed by atoms with van der Waals surface area (Å²) in [6, 6.07) is 8.77. The number of carbonyl (C=O) groups is 1. The van der Waals surface area contributed by atoms with E-state index >= 15 is 0 Å². The minimum atomic E-state index is -3.57. The van der Waals surface area contributed by atoms with Crippen molar-refractivity contribution in [2.45, 2.75) is 31.5 Å². The molecule has 0 saturated carbocycles. The molecule has 0 spiro atoms. The first-order valence-corrected chi connectivity index (χ1v) is 9.03. The molecule has 0 aliphatic heterocycles. The molecule has 0 saturated heterocycles. The van der Waals surface area contributed by atoms with E-state index in [-0.39, 0.29) is 24.1 Å². The normalized spacial score (nSPS) is 13.0. The van der Waals surface area contributed by atoms with Gasteiger partial charge in [0, 0.05) is 6.26 Å². The molecule has 1 N–H and O–H groups in total. The van der Waals surface area contributed by atoms with Gasteiger partial charge in [0.05, 0.1) is 6.42 Å². The Morgan fingerprint density at radius 3 is 2.39 bits per heavy atom. The van der Waals surface area contributed by atoms with Crippen molar-refractivity contribution in [1.82, 2.24) is 15.5 Å². The maximum absolute atomic E-state index is 12.2. The van der Waals surface area contributed by atoms with Gasteiger partial charge in [0.25, 0.3) is 0 Å². The van der Waals surface area contributed by atoms with E-state index in [1.54, 1.807) is 0 Å². The zero-order chi connectivity index (χ0) is 17.0. The van der Waals surface area contributed by atoms with Crippen LogP contribution in [0, 0.1) is 5.92 Å². The minimum Gasteiger partial charge on any atom is -0.410 e. The van der Waals surface area contributed by atoms with Crippen LogP contribution in [0.3, 0.4) is 0 Å². The molecule has 0 radical (unpaired) electrons. The summed E-state index contributed by atoms with van der Waals surface area (Å²) in [6.07, 6.45) is 1.21. The molecule has 7 nitrogen and oxygen atoms in total. The van der Waals surface area contributed by atoms with Gasteiger partial charge in [-0.2, -0.15) is 0 Å². The average Bonchev–Trinajstić information content (AvgIpc) is 2.95. The van der Waals surface area contributed by atoms with Crippen LogP contribution in [-0.2, 0) is 21.1 Å². The molecule has 1 aromatic heterocycles. The Labute approximate surface area is 135 Å². The second-order valence-corrected chi connectivity index (χ2v) is 7.52. The largest absolute Gasteiger partial charge is 0.410 e. The highest BCUT2D eigenvalue weighted by Crippen LogP contribution is 2.22. The molecule has 1 atom stereocenters. The number of amides is 1. The van der Waals surface area contributed by atoms with E-state index in [2.05, 4.69) is 15.5 Å². The molecule has 1 heterocycles. The van der Waals surface area contributed by atoms with Crippen molar-refractivity contribution >= 4 is 15.7 Å². The molecule has 0 fully saturated rings. The third-order valence-corrected chi connectivity index (χ3v) is 4.00. The van der Waals surface area contributed by atoms with E-state index in [1.807, 2.05) is 44.2 Å². The Kier molecular flexibility index (Phi) is 5.15. The molecule has 2 aromatic rings. The van der Waals surface area contributed by atoms with Crippen molar-refractivity contribution < 1.29 is 17.6 Å². The fourth-order valence-electron chi connectivity index (χ4n) is 2.02. The monoisotopic (exact) mass is 337 g/mol. The lowest BCUT2D eigenvalue weighted by molar-refractivity contribution is -0.121. The second-order valence-electron chi connectivity index (χ2n) is 5.63. The summed E-state index contributed by atoms with van der Waals surface area (Å²) in [4.78, 5) is 12.2. The Hall–Kier alpha value is -2.22. The maximum Gasteiger partial charge on any atom is 0.335 e. The van der Waals surface area contributed by atoms with Crippen LogP contribution in [0.15, 0.2) is 40.0 Å². The average molecular weight is 337 g/mol. The molecular formula is C15H19N3O4S. The molecule has 23 heavy (non-hydrogen) atoms. The first kappa shape index (κ1) is 17.1. The number of aromatic nitrogens is 2. The summed E-state index contributed by atoms with van der Waals surface area (Å²) < 4.78 is 28.0. The highest BCUT2D eigenvalue weighted by molar-refractivity contribution is 7.90. The van der Waals surface area contributed by atoms with E-state index in [0.717, 1.165) is 11.8 Å². The molecule has 1 amide bonds. The summed E-state index contributed by atoms with van der Waals surface area (Å²) in [5.74, 6) is -0.154. The van der Waals surface area contributed by atoms with Crippen molar-refractivity contribution in [2.24, 2.45) is 5.92 Å². The van der Waals surface area contributed by atoms with Gasteiger partial charge in [0.1, 0.15) is 6.04 Å². The van der Waals surface area contributed by atoms with Crippen LogP contribution in [-0.4, -0.2) is 30.8 Å². The van der Waals surface area contributed by atoms with E-state index in [4.69, 9.17) is 4.42 Å². The SMILES string of the molecule is CC(C)[C@H](NC(=O)Cc1ccccc1)c1nnc(S(C)(=O)=O)o1. The number of hydrogen-bond donors (Lipinski definition) is 1. The van der Waals surface area contributed by atoms with Gasteiger partial charge in [0.2, 0.25) is 21.6 Å². The number of nitrogens with one attached hydrogen (secondary N) is 1. The Morgan fingerprint density at radius 1 is 1.22 bits per heavy atom. The number of carbonyl (C=O) groups excluding carboxylic acids is 1. The number of nitrogens with zero attached hydrogens (tertiary/aromatic N) is 2. The van der Waals surface area contributed by atoms with Gasteiger partial charge >= 0.3 is 5.22 Å². The molecule has 1 aromatic carbocycles. The summed E-state index contributed by atoms with van der Waals surface area (Å²) in [5, 5.41) is 9.65. The van der Waals surface area contributed by atoms with Gasteiger partial charge in [-0.05, 0) is 11.5 Å². The highest BCUT2D eigenvalue weighted by Gasteiger charge is 2.26. The van der Waals surface area contributed by atoms with E-state index in [0.29, 0.717) is 0 Å². The third-order valence-electron chi connectivity index (χ3n) is 3.20. The minimum absolute atomic E-state index is 0.0393. The van der Waals surface area contributed by atoms with Crippen LogP contribution in [0.25, 0.3) is 0 Å². The topological polar surface area (TPSA) is 102 Å². The smallest absolute Gasteiger partial charge is 0.335 e. The predicted molar refractivity (Wildman–Crippen MR) is 83.3 cm³/mol. The van der Waals surface area contributed by atoms with Gasteiger partial charge in [-0.3, -0.25) is 4.79 Å². The first-order valence-electron chi connectivity index (χ1n) is 7.14. The van der Waals surface area contributed by atoms with Crippen molar-refractivity contribution in [3.8, 4) is 0 Å². The molecular weight excluding hydrogens is 318 g/mol. The van der Waals surface area contributed by atoms with Crippen molar-refractivity contribution in [2.75, 3.05) is 6.26 Å². The summed E-state index contributed by atoms with van der Waals surface area (Å²) in [6.45, 7) is 3.75. The molecule has 124 valence electrons. The fraction of sp³-hybridized carbons (Fsp3) is 0.400. The van der Waals surface area contributed by atoms with Gasteiger partial charge in [-0.25, -0.2) is 8.42 Å². The van der Waals surface area contributed by atoms with Gasteiger partial charge < -0.3 is 9.73 Å². The fourth-order valence-corrected chi connectivity index (χ4v) is 2.44. The van der Waals surface area contributed by atoms with Crippen LogP contribution < -0.4 is 5.32 Å². The van der Waals surface area contributed by atoms with Gasteiger partial charge in [-0.15, -0.1) is 5.10 Å². The predicted octanol–water partition coefficient (Wildman–Crippen LogP) is 1.53. The van der Waals surface area contributed by atoms with Crippen LogP contribution in [0.2, 0.25) is 0 Å². The van der Waals surface area contributed by atoms with Crippen LogP contribution in [0.1, 0.15) is 31.3 Å². The molecule has 2 rings (SSSR count). The quantitative estimate of drug-likeness (QED) is 0.857. The molecule has 0 aliphatic rings. The maximum atomic E-state index is 12.2. The standard InChI is InChI=1S/C15H19N3O4S/c1-10(2)13(14-17-18-15(22-14)23(3,20)21)16-12(19)9-11-7-5-4-6-8-11/h4-8,10,13H,9H2,1-3H3,(H,16,19)/t13-/m0/s1. The van der Waals surface area contributed by atoms with Crippen molar-refractivity contribution in [3.05, 3.63) is 41.8 Å². The molecule has 0 aliphatic carbocycles. The molecule has 8 heteroatoms. The number of benzene rings is 1. The lowest BCUT2D eigenvalue weighted by Gasteiger charge is -2.18. The molecule has 0 bridgehead atoms. The van der Waals surface area contributed by atoms with Crippen LogP contribution in [0.5, 0.6) is 0 Å². The number of sulfone groups is 1. The van der Waals surface area contributed by atoms with Crippen molar-refractivity contribution in [1.29, 1.82) is 0 Å². The zero-order valence-electron chi connectivity index (χ0n) is 13.2. The van der Waals surface area contributed by atoms with E-state index in [1.165, 1.54) is 0 Å². The van der Waals surface area contributed by atoms with Crippen molar-refractivity contribution in [3.63, 3.8) is 0 Å². The number of rotatable bonds is 6. The third kappa shape index (κ3) is 4.62. The van der Waals surface area contributed by atoms with Gasteiger partial charge in [0.15, 0.2) is 0 Å². The van der Waals surface area contributed by atoms with E-state index < -0.39 is 21.1 Å². The Balaban J connectivity index is 2.13. The lowest BCUT2D eigenvalue weighted by Crippen LogP contribution is -2.33. The van der Waals surface area contributed by atoms with E-state index in [9.17, 15) is 13.2 Å². The zero-order valence-corrected chi connectivity index (χ0v) is 14.0. The Morgan fingerprint density at radius 2 is 1.87 bits per heavy atom. The number of hydrogen-bond acceptors (Lipinski definition) is 6. The van der Waals surface area contributed by atoms with Crippen LogP contribution in [0.4, 0.5) is 0 Å². The van der Waals surface area contributed by atoms with Gasteiger partial charge in [-0.1, -0.05) is 49.3 Å². The first-order chi connectivity index (χ1) is 10.8. The second kappa shape index (κ2) is 6.91. The Bertz CT molecular complexity index is 769. The lowest BCUT2D eigenvalue weighted by atomic mass is 10.0. The highest BCUT2D eigenvalue weighted by atomic mass is 32.2. The summed E-state index contributed by atoms with van der Waals surface area (Å²) in [7, 11) is -3.57. The van der Waals surface area contributed by atoms with Crippen LogP contribution >= 0.6 is 0 Å². The molecule has 0 unspecified atom stereocenters. The summed E-state index contributed by atoms with van der Waals surface area (Å²) in [5.41, 5.74) is 0.884.